The summed E-state index contributed by atoms with van der Waals surface area (Å²) in [5, 5.41) is 0. The van der Waals surface area contributed by atoms with E-state index in [1.54, 1.807) is 76.2 Å². The van der Waals surface area contributed by atoms with Crippen LogP contribution in [-0.4, -0.2) is 75.2 Å². The molecule has 0 aliphatic rings. The number of carbonyl (C=O) groups is 4. The number of benzene rings is 2. The molecule has 0 bridgehead atoms. The number of carbonyl (C=O) groups excluding carboxylic acids is 4. The van der Waals surface area contributed by atoms with Crippen molar-refractivity contribution in [1.82, 2.24) is 24.9 Å². The second-order valence-corrected chi connectivity index (χ2v) is 15.5. The van der Waals surface area contributed by atoms with E-state index in [9.17, 15) is 19.2 Å². The zero-order valence-corrected chi connectivity index (χ0v) is 43.3. The summed E-state index contributed by atoms with van der Waals surface area (Å²) in [6.45, 7) is 8.16. The first kappa shape index (κ1) is 56.2. The Balaban J connectivity index is 0.000000207. The fraction of sp³-hybridized carbons (Fsp3) is 0.153. The Bertz CT molecular complexity index is 2950. The molecule has 0 atom stereocenters. The molecule has 0 spiro atoms. The Labute approximate surface area is 443 Å². The molecule has 0 N–H and O–H groups in total. The number of ether oxygens (including phenoxy) is 4. The number of hydrogen-bond donors (Lipinski definition) is 0. The van der Waals surface area contributed by atoms with E-state index < -0.39 is 23.9 Å². The van der Waals surface area contributed by atoms with Gasteiger partial charge in [0.25, 0.3) is 0 Å². The zero-order valence-electron chi connectivity index (χ0n) is 41.6. The van der Waals surface area contributed by atoms with E-state index >= 15 is 0 Å². The Morgan fingerprint density at radius 2 is 0.703 bits per heavy atom. The van der Waals surface area contributed by atoms with E-state index in [-0.39, 0.29) is 19.5 Å². The van der Waals surface area contributed by atoms with Crippen LogP contribution in [0, 0.1) is 0 Å². The largest absolute Gasteiger partial charge is 0.462 e. The maximum Gasteiger partial charge on any atom is 0.338 e. The molecule has 8 aromatic rings. The molecule has 2 aromatic carbocycles. The van der Waals surface area contributed by atoms with Crippen LogP contribution >= 0.6 is 0 Å². The van der Waals surface area contributed by atoms with Crippen LogP contribution in [-0.2, 0) is 45.5 Å². The standard InChI is InChI=1S/C27H23N2.2C16H16N2O4.Ru/c1-29-19-17-25(15-13-23-10-6-3-7-11-23)21-27(29)26-20-24(16-18-28-26)14-12-22-8-4-2-5-9-22;2*1-3-21-15(19)11-5-7-17-13(9-11)14-10-12(6-8-18-14)16(20)22-4-2;/h2-21H,1H3;2*5-10H,3-4H2,1-2H3;/q+1;;;/b14-12+,15-13+;;;. The Morgan fingerprint density at radius 1 is 0.392 bits per heavy atom. The van der Waals surface area contributed by atoms with Crippen molar-refractivity contribution >= 4 is 48.2 Å². The molecule has 376 valence electrons. The van der Waals surface area contributed by atoms with Crippen LogP contribution in [0.4, 0.5) is 0 Å². The molecule has 15 heteroatoms. The van der Waals surface area contributed by atoms with Crippen LogP contribution in [0.25, 0.3) is 58.5 Å². The van der Waals surface area contributed by atoms with Gasteiger partial charge >= 0.3 is 23.9 Å². The summed E-state index contributed by atoms with van der Waals surface area (Å²) in [4.78, 5) is 68.3. The van der Waals surface area contributed by atoms with Gasteiger partial charge in [-0.25, -0.2) is 24.2 Å². The second kappa shape index (κ2) is 29.6. The van der Waals surface area contributed by atoms with Crippen LogP contribution in [0.5, 0.6) is 0 Å². The minimum absolute atomic E-state index is 0. The van der Waals surface area contributed by atoms with Crippen LogP contribution in [0.3, 0.4) is 0 Å². The smallest absolute Gasteiger partial charge is 0.338 e. The summed E-state index contributed by atoms with van der Waals surface area (Å²) in [7, 11) is 2.05. The van der Waals surface area contributed by atoms with Crippen molar-refractivity contribution < 1.29 is 62.2 Å². The molecule has 0 fully saturated rings. The third-order valence-electron chi connectivity index (χ3n) is 10.4. The number of rotatable bonds is 15. The van der Waals surface area contributed by atoms with Gasteiger partial charge in [-0.2, -0.15) is 4.57 Å². The van der Waals surface area contributed by atoms with Gasteiger partial charge in [-0.05, 0) is 111 Å². The number of nitrogens with zero attached hydrogens (tertiary/aromatic N) is 6. The molecule has 8 rings (SSSR count). The van der Waals surface area contributed by atoms with Gasteiger partial charge in [0.05, 0.1) is 71.5 Å². The molecule has 6 heterocycles. The van der Waals surface area contributed by atoms with Gasteiger partial charge in [-0.15, -0.1) is 0 Å². The Kier molecular flexibility index (Phi) is 22.5. The van der Waals surface area contributed by atoms with Crippen molar-refractivity contribution in [2.24, 2.45) is 7.05 Å². The molecule has 6 aromatic heterocycles. The predicted octanol–water partition coefficient (Wildman–Crippen LogP) is 10.9. The molecular weight excluding hydrogens is 1020 g/mol. The van der Waals surface area contributed by atoms with E-state index in [2.05, 4.69) is 115 Å². The van der Waals surface area contributed by atoms with Crippen LogP contribution in [0.1, 0.15) is 91.4 Å². The van der Waals surface area contributed by atoms with Crippen molar-refractivity contribution in [2.75, 3.05) is 26.4 Å². The maximum atomic E-state index is 11.7. The first-order valence-corrected chi connectivity index (χ1v) is 23.5. The third-order valence-corrected chi connectivity index (χ3v) is 10.4. The Morgan fingerprint density at radius 3 is 1.05 bits per heavy atom. The van der Waals surface area contributed by atoms with Crippen molar-refractivity contribution in [3.05, 3.63) is 215 Å². The first-order chi connectivity index (χ1) is 35.6. The van der Waals surface area contributed by atoms with Gasteiger partial charge in [-0.3, -0.25) is 19.9 Å². The molecule has 0 radical (unpaired) electrons. The summed E-state index contributed by atoms with van der Waals surface area (Å²) in [6, 6.07) is 41.7. The molecule has 0 unspecified atom stereocenters. The second-order valence-electron chi connectivity index (χ2n) is 15.5. The van der Waals surface area contributed by atoms with Gasteiger partial charge in [-0.1, -0.05) is 85.0 Å². The van der Waals surface area contributed by atoms with Gasteiger partial charge in [0.1, 0.15) is 12.7 Å². The summed E-state index contributed by atoms with van der Waals surface area (Å²) in [5.74, 6) is -1.69. The molecule has 0 aliphatic heterocycles. The van der Waals surface area contributed by atoms with Gasteiger partial charge < -0.3 is 18.9 Å². The fourth-order valence-corrected chi connectivity index (χ4v) is 6.80. The van der Waals surface area contributed by atoms with E-state index in [4.69, 9.17) is 18.9 Å². The number of hydrogen-bond acceptors (Lipinski definition) is 13. The normalized spacial score (nSPS) is 10.4. The van der Waals surface area contributed by atoms with Crippen molar-refractivity contribution in [3.8, 4) is 34.2 Å². The summed E-state index contributed by atoms with van der Waals surface area (Å²) in [5.41, 5.74) is 10.2. The van der Waals surface area contributed by atoms with E-state index in [1.165, 1.54) is 35.9 Å². The monoisotopic (exact) mass is 1080 g/mol. The molecule has 0 saturated heterocycles. The molecular formula is C59H55N6O8Ru+. The first-order valence-electron chi connectivity index (χ1n) is 23.5. The van der Waals surface area contributed by atoms with Crippen molar-refractivity contribution in [1.29, 1.82) is 0 Å². The average molecular weight is 1080 g/mol. The molecule has 0 aliphatic carbocycles. The number of pyridine rings is 6. The third kappa shape index (κ3) is 17.0. The van der Waals surface area contributed by atoms with E-state index in [1.807, 2.05) is 43.6 Å². The molecule has 0 amide bonds. The number of aromatic nitrogens is 6. The van der Waals surface area contributed by atoms with Crippen molar-refractivity contribution in [3.63, 3.8) is 0 Å². The van der Waals surface area contributed by atoms with Crippen LogP contribution in [0.2, 0.25) is 0 Å². The quantitative estimate of drug-likeness (QED) is 0.0411. The van der Waals surface area contributed by atoms with Gasteiger partial charge in [0, 0.05) is 62.6 Å². The summed E-state index contributed by atoms with van der Waals surface area (Å²) in [6.07, 6.45) is 18.5. The van der Waals surface area contributed by atoms with Gasteiger partial charge in [0.2, 0.25) is 5.69 Å². The van der Waals surface area contributed by atoms with Gasteiger partial charge in [0.15, 0.2) is 6.20 Å². The van der Waals surface area contributed by atoms with E-state index in [0.717, 1.165) is 22.5 Å². The minimum atomic E-state index is -0.423. The fourth-order valence-electron chi connectivity index (χ4n) is 6.80. The Hall–Kier alpha value is -8.68. The van der Waals surface area contributed by atoms with Crippen LogP contribution in [0.15, 0.2) is 171 Å². The number of aryl methyl sites for hydroxylation is 1. The predicted molar refractivity (Wildman–Crippen MR) is 280 cm³/mol. The van der Waals surface area contributed by atoms with Crippen molar-refractivity contribution in [2.45, 2.75) is 27.7 Å². The topological polar surface area (TPSA) is 174 Å². The minimum Gasteiger partial charge on any atom is -0.462 e. The van der Waals surface area contributed by atoms with Crippen LogP contribution < -0.4 is 4.57 Å². The maximum absolute atomic E-state index is 11.7. The molecule has 14 nitrogen and oxygen atoms in total. The summed E-state index contributed by atoms with van der Waals surface area (Å²) >= 11 is 0. The zero-order chi connectivity index (χ0) is 51.8. The number of esters is 4. The van der Waals surface area contributed by atoms with E-state index in [0.29, 0.717) is 71.5 Å². The average Bonchev–Trinajstić information content (AvgIpc) is 3.43. The summed E-state index contributed by atoms with van der Waals surface area (Å²) < 4.78 is 21.9. The molecule has 0 saturated carbocycles. The SMILES string of the molecule is CCOC(=O)c1ccnc(-c2cc(C(=O)OCC)ccn2)c1.CCOC(=O)c1ccnc(-c2cc(C(=O)OCC)ccn2)c1.C[n+]1ccc(/C=C/c2ccccc2)cc1-c1cc(/C=C/c2ccccc2)ccn1.[Ru]. The molecule has 74 heavy (non-hydrogen) atoms.